The van der Waals surface area contributed by atoms with Gasteiger partial charge in [0.05, 0.1) is 6.54 Å². The van der Waals surface area contributed by atoms with E-state index in [-0.39, 0.29) is 11.0 Å². The lowest BCUT2D eigenvalue weighted by Gasteiger charge is -2.42. The molecular weight excluding hydrogens is 521 g/mol. The number of carbonyl (C=O) groups is 1. The van der Waals surface area contributed by atoms with Crippen LogP contribution in [0.2, 0.25) is 0 Å². The fourth-order valence-corrected chi connectivity index (χ4v) is 2.30. The van der Waals surface area contributed by atoms with Crippen LogP contribution in [0.1, 0.15) is 0 Å². The van der Waals surface area contributed by atoms with Crippen molar-refractivity contribution in [3.8, 4) is 0 Å². The summed E-state index contributed by atoms with van der Waals surface area (Å²) >= 11 is 0. The van der Waals surface area contributed by atoms with Crippen molar-refractivity contribution in [2.24, 2.45) is 0 Å². The van der Waals surface area contributed by atoms with Crippen LogP contribution in [-0.4, -0.2) is 75.8 Å². The van der Waals surface area contributed by atoms with Crippen molar-refractivity contribution in [2.45, 2.75) is 35.5 Å². The smallest absolute Gasteiger partial charge is 0.329 e. The first-order valence-electron chi connectivity index (χ1n) is 7.85. The highest BCUT2D eigenvalue weighted by atomic mass is 31.2. The molecule has 0 aliphatic heterocycles. The lowest BCUT2D eigenvalue weighted by molar-refractivity contribution is -0.426. The van der Waals surface area contributed by atoms with Crippen LogP contribution in [0.25, 0.3) is 0 Å². The molecule has 0 heterocycles. The molecule has 0 bridgehead atoms. The Labute approximate surface area is 176 Å². The Morgan fingerprint density at radius 3 is 1.55 bits per heavy atom. The van der Waals surface area contributed by atoms with Crippen molar-refractivity contribution in [2.75, 3.05) is 19.7 Å². The third kappa shape index (κ3) is 5.84. The van der Waals surface area contributed by atoms with Gasteiger partial charge in [-0.25, -0.2) is 4.57 Å². The first-order chi connectivity index (χ1) is 14.4. The van der Waals surface area contributed by atoms with E-state index < -0.39 is 69.0 Å². The molecule has 0 saturated heterocycles. The highest BCUT2D eigenvalue weighted by Gasteiger charge is 2.90. The molecule has 0 saturated carbocycles. The molecular formula is C14H14F12NO5P. The Balaban J connectivity index is 6.37. The zero-order valence-electron chi connectivity index (χ0n) is 15.7. The molecule has 194 valence electrons. The number of alkyl halides is 12. The van der Waals surface area contributed by atoms with E-state index in [0.29, 0.717) is 6.08 Å². The maximum atomic E-state index is 13.9. The van der Waals surface area contributed by atoms with Gasteiger partial charge in [0.15, 0.2) is 0 Å². The molecule has 2 N–H and O–H groups in total. The van der Waals surface area contributed by atoms with Crippen molar-refractivity contribution in [3.05, 3.63) is 25.3 Å². The Kier molecular flexibility index (Phi) is 8.95. The number of hydrogen-bond acceptors (Lipinski definition) is 3. The number of phosphoric acid groups is 1. The minimum absolute atomic E-state index is 0.209. The molecule has 19 heteroatoms. The Morgan fingerprint density at radius 2 is 1.21 bits per heavy atom. The van der Waals surface area contributed by atoms with Crippen LogP contribution in [0.3, 0.4) is 0 Å². The zero-order valence-corrected chi connectivity index (χ0v) is 16.6. The van der Waals surface area contributed by atoms with Gasteiger partial charge in [-0.05, 0) is 6.08 Å². The van der Waals surface area contributed by atoms with Crippen LogP contribution in [0.4, 0.5) is 52.7 Å². The first kappa shape index (κ1) is 31.2. The number of amides is 1. The summed E-state index contributed by atoms with van der Waals surface area (Å²) in [5.74, 6) is -45.7. The molecule has 0 fully saturated rings. The molecule has 0 atom stereocenters. The van der Waals surface area contributed by atoms with Crippen LogP contribution in [0, 0.1) is 0 Å². The summed E-state index contributed by atoms with van der Waals surface area (Å²) in [7, 11) is -6.09. The van der Waals surface area contributed by atoms with E-state index in [1.165, 1.54) is 0 Å². The van der Waals surface area contributed by atoms with Crippen molar-refractivity contribution < 1.29 is 76.4 Å². The van der Waals surface area contributed by atoms with Gasteiger partial charge in [-0.1, -0.05) is 12.7 Å². The van der Waals surface area contributed by atoms with E-state index in [0.717, 1.165) is 0 Å². The van der Waals surface area contributed by atoms with Crippen molar-refractivity contribution in [3.63, 3.8) is 0 Å². The molecule has 0 rings (SSSR count). The van der Waals surface area contributed by atoms with E-state index in [4.69, 9.17) is 9.79 Å². The summed E-state index contributed by atoms with van der Waals surface area (Å²) in [4.78, 5) is 27.3. The van der Waals surface area contributed by atoms with Crippen LogP contribution in [-0.2, 0) is 13.9 Å². The second-order valence-electron chi connectivity index (χ2n) is 6.18. The summed E-state index contributed by atoms with van der Waals surface area (Å²) in [5, 5.41) is 0. The summed E-state index contributed by atoms with van der Waals surface area (Å²) < 4.78 is 177. The molecule has 0 aromatic carbocycles. The molecule has 0 aliphatic rings. The lowest BCUT2D eigenvalue weighted by Crippen LogP contribution is -2.72. The largest absolute Gasteiger partial charge is 0.469 e. The van der Waals surface area contributed by atoms with Crippen LogP contribution >= 0.6 is 7.82 Å². The predicted octanol–water partition coefficient (Wildman–Crippen LogP) is 4.11. The highest BCUT2D eigenvalue weighted by molar-refractivity contribution is 7.46. The maximum Gasteiger partial charge on any atom is 0.469 e. The second kappa shape index (κ2) is 9.46. The molecule has 0 unspecified atom stereocenters. The number of nitrogens with zero attached hydrogens (tertiary/aromatic N) is 1. The molecule has 1 amide bonds. The van der Waals surface area contributed by atoms with Crippen molar-refractivity contribution >= 4 is 13.7 Å². The molecule has 0 aliphatic carbocycles. The zero-order chi connectivity index (χ0) is 26.9. The molecule has 6 nitrogen and oxygen atoms in total. The topological polar surface area (TPSA) is 87.1 Å². The predicted molar refractivity (Wildman–Crippen MR) is 84.7 cm³/mol. The van der Waals surface area contributed by atoms with E-state index in [1.54, 1.807) is 0 Å². The van der Waals surface area contributed by atoms with Crippen LogP contribution in [0.15, 0.2) is 25.3 Å². The minimum atomic E-state index is -7.96. The van der Waals surface area contributed by atoms with Crippen LogP contribution < -0.4 is 0 Å². The second-order valence-corrected chi connectivity index (χ2v) is 7.42. The lowest BCUT2D eigenvalue weighted by atomic mass is 9.91. The van der Waals surface area contributed by atoms with Gasteiger partial charge in [0.2, 0.25) is 5.91 Å². The van der Waals surface area contributed by atoms with Gasteiger partial charge in [-0.2, -0.15) is 52.7 Å². The van der Waals surface area contributed by atoms with E-state index in [1.807, 2.05) is 0 Å². The van der Waals surface area contributed by atoms with E-state index >= 15 is 0 Å². The van der Waals surface area contributed by atoms with Crippen molar-refractivity contribution in [1.29, 1.82) is 0 Å². The Bertz CT molecular complexity index is 797. The van der Waals surface area contributed by atoms with Gasteiger partial charge in [0, 0.05) is 6.54 Å². The number of rotatable bonds is 13. The molecule has 0 radical (unpaired) electrons. The quantitative estimate of drug-likeness (QED) is 0.161. The summed E-state index contributed by atoms with van der Waals surface area (Å²) in [5.41, 5.74) is 0. The first-order valence-corrected chi connectivity index (χ1v) is 9.38. The molecule has 0 aromatic rings. The minimum Gasteiger partial charge on any atom is -0.329 e. The highest BCUT2D eigenvalue weighted by Crippen LogP contribution is 2.60. The van der Waals surface area contributed by atoms with E-state index in [9.17, 15) is 62.0 Å². The Morgan fingerprint density at radius 1 is 0.818 bits per heavy atom. The van der Waals surface area contributed by atoms with Gasteiger partial charge in [0.25, 0.3) is 0 Å². The third-order valence-electron chi connectivity index (χ3n) is 3.74. The van der Waals surface area contributed by atoms with Crippen molar-refractivity contribution in [1.82, 2.24) is 4.90 Å². The standard InChI is InChI=1S/C14H14F12NO5P/c1-3-5-27(8(28)4-2)6-9(15,16)11(19,20)13(23,24)14(25,26)12(21,22)10(17,18)7-32-33(29,30)31/h3-4H,1-2,5-7H2,(H2,29,30,31). The number of carbonyl (C=O) groups excluding carboxylic acids is 1. The fraction of sp³-hybridized carbons (Fsp3) is 0.643. The number of halogens is 12. The van der Waals surface area contributed by atoms with Crippen LogP contribution in [0.5, 0.6) is 0 Å². The molecule has 0 spiro atoms. The number of hydrogen-bond donors (Lipinski definition) is 2. The molecule has 0 aromatic heterocycles. The van der Waals surface area contributed by atoms with Gasteiger partial charge in [-0.3, -0.25) is 9.32 Å². The normalized spacial score (nSPS) is 14.7. The third-order valence-corrected chi connectivity index (χ3v) is 4.21. The average Bonchev–Trinajstić information content (AvgIpc) is 2.64. The fourth-order valence-electron chi connectivity index (χ4n) is 1.97. The summed E-state index contributed by atoms with van der Waals surface area (Å²) in [6.07, 6.45) is 0.804. The summed E-state index contributed by atoms with van der Waals surface area (Å²) in [6.45, 7) is -1.56. The summed E-state index contributed by atoms with van der Waals surface area (Å²) in [6, 6.07) is 0. The van der Waals surface area contributed by atoms with Gasteiger partial charge >= 0.3 is 43.4 Å². The molecule has 33 heavy (non-hydrogen) atoms. The average molecular weight is 535 g/mol. The number of phosphoric ester groups is 1. The van der Waals surface area contributed by atoms with Gasteiger partial charge in [-0.15, -0.1) is 6.58 Å². The SMILES string of the molecule is C=CCN(CC(F)(F)C(F)(F)C(F)(F)C(F)(F)C(F)(F)C(F)(F)COP(=O)(O)O)C(=O)C=C. The van der Waals surface area contributed by atoms with Gasteiger partial charge < -0.3 is 14.7 Å². The maximum absolute atomic E-state index is 13.9. The van der Waals surface area contributed by atoms with E-state index in [2.05, 4.69) is 17.7 Å². The monoisotopic (exact) mass is 535 g/mol. The Hall–Kier alpha value is -1.78. The van der Waals surface area contributed by atoms with Gasteiger partial charge in [0.1, 0.15) is 6.61 Å².